The number of anilines is 1. The van der Waals surface area contributed by atoms with Crippen LogP contribution in [-0.2, 0) is 6.42 Å². The van der Waals surface area contributed by atoms with E-state index in [9.17, 15) is 9.59 Å². The average Bonchev–Trinajstić information content (AvgIpc) is 2.98. The Morgan fingerprint density at radius 2 is 1.55 bits per heavy atom. The average molecular weight is 393 g/mol. The van der Waals surface area contributed by atoms with Gasteiger partial charge in [0.05, 0.1) is 11.1 Å². The number of carbonyl (C=O) groups excluding carboxylic acids is 2. The lowest BCUT2D eigenvalue weighted by Gasteiger charge is -2.17. The molecule has 3 rings (SSSR count). The Labute approximate surface area is 174 Å². The molecule has 0 spiro atoms. The zero-order chi connectivity index (χ0) is 20.6. The van der Waals surface area contributed by atoms with Crippen LogP contribution in [-0.4, -0.2) is 29.8 Å². The number of nitrogens with one attached hydrogen (secondary N) is 1. The topological polar surface area (TPSA) is 49.4 Å². The summed E-state index contributed by atoms with van der Waals surface area (Å²) in [5.41, 5.74) is 3.43. The maximum absolute atomic E-state index is 12.5. The van der Waals surface area contributed by atoms with Crippen LogP contribution in [0.4, 0.5) is 5.69 Å². The number of amides is 2. The lowest BCUT2D eigenvalue weighted by Crippen LogP contribution is -2.30. The molecule has 0 bridgehead atoms. The quantitative estimate of drug-likeness (QED) is 0.511. The number of aryl methyl sites for hydroxylation is 1. The molecule has 2 aromatic rings. The van der Waals surface area contributed by atoms with E-state index in [2.05, 4.69) is 43.4 Å². The molecule has 4 heteroatoms. The Hall–Kier alpha value is -2.62. The fourth-order valence-electron chi connectivity index (χ4n) is 4.15. The third kappa shape index (κ3) is 5.26. The number of rotatable bonds is 11. The summed E-state index contributed by atoms with van der Waals surface area (Å²) >= 11 is 0. The molecule has 1 N–H and O–H groups in total. The molecule has 4 nitrogen and oxygen atoms in total. The van der Waals surface area contributed by atoms with Gasteiger partial charge < -0.3 is 5.32 Å². The van der Waals surface area contributed by atoms with E-state index in [0.717, 1.165) is 31.0 Å². The molecule has 0 fully saturated rings. The van der Waals surface area contributed by atoms with E-state index < -0.39 is 0 Å². The highest BCUT2D eigenvalue weighted by Gasteiger charge is 2.34. The van der Waals surface area contributed by atoms with Crippen LogP contribution in [0.25, 0.3) is 0 Å². The van der Waals surface area contributed by atoms with Crippen LogP contribution in [0.2, 0.25) is 0 Å². The maximum Gasteiger partial charge on any atom is 0.261 e. The Bertz CT molecular complexity index is 805. The Kier molecular flexibility index (Phi) is 7.45. The molecule has 0 unspecified atom stereocenters. The summed E-state index contributed by atoms with van der Waals surface area (Å²) in [6, 6.07) is 15.6. The van der Waals surface area contributed by atoms with Gasteiger partial charge in [-0.05, 0) is 61.4 Å². The number of carbonyl (C=O) groups is 2. The van der Waals surface area contributed by atoms with E-state index in [1.807, 2.05) is 0 Å². The second kappa shape index (κ2) is 10.2. The molecule has 1 aliphatic heterocycles. The molecule has 0 radical (unpaired) electrons. The predicted molar refractivity (Wildman–Crippen MR) is 118 cm³/mol. The van der Waals surface area contributed by atoms with Gasteiger partial charge in [-0.1, -0.05) is 51.0 Å². The predicted octanol–water partition coefficient (Wildman–Crippen LogP) is 5.54. The normalized spacial score (nSPS) is 13.3. The van der Waals surface area contributed by atoms with E-state index in [1.165, 1.54) is 36.1 Å². The van der Waals surface area contributed by atoms with Crippen molar-refractivity contribution >= 4 is 17.5 Å². The minimum atomic E-state index is -0.168. The van der Waals surface area contributed by atoms with Gasteiger partial charge in [0.15, 0.2) is 0 Å². The number of nitrogens with zero attached hydrogens (tertiary/aromatic N) is 1. The molecule has 154 valence electrons. The van der Waals surface area contributed by atoms with Crippen LogP contribution in [0.5, 0.6) is 0 Å². The summed E-state index contributed by atoms with van der Waals surface area (Å²) in [6.07, 6.45) is 6.59. The van der Waals surface area contributed by atoms with Crippen molar-refractivity contribution in [3.05, 3.63) is 65.2 Å². The monoisotopic (exact) mass is 392 g/mol. The molecule has 0 aromatic heterocycles. The highest BCUT2D eigenvalue weighted by molar-refractivity contribution is 6.21. The summed E-state index contributed by atoms with van der Waals surface area (Å²) in [5, 5.41) is 3.59. The van der Waals surface area contributed by atoms with Crippen LogP contribution >= 0.6 is 0 Å². The molecule has 0 atom stereocenters. The Morgan fingerprint density at radius 3 is 2.17 bits per heavy atom. The van der Waals surface area contributed by atoms with Gasteiger partial charge in [0.1, 0.15) is 0 Å². The first-order chi connectivity index (χ1) is 14.1. The highest BCUT2D eigenvalue weighted by atomic mass is 16.2. The number of hydrogen-bond donors (Lipinski definition) is 1. The number of fused-ring (bicyclic) bond motifs is 1. The number of imide groups is 1. The van der Waals surface area contributed by atoms with Crippen molar-refractivity contribution in [2.45, 2.75) is 52.4 Å². The highest BCUT2D eigenvalue weighted by Crippen LogP contribution is 2.23. The molecule has 1 heterocycles. The smallest absolute Gasteiger partial charge is 0.261 e. The third-order valence-corrected chi connectivity index (χ3v) is 5.64. The Balaban J connectivity index is 1.51. The first-order valence-electron chi connectivity index (χ1n) is 10.9. The molecule has 2 aromatic carbocycles. The molecular weight excluding hydrogens is 360 g/mol. The van der Waals surface area contributed by atoms with Crippen LogP contribution < -0.4 is 5.32 Å². The van der Waals surface area contributed by atoms with Gasteiger partial charge in [-0.3, -0.25) is 14.5 Å². The van der Waals surface area contributed by atoms with E-state index in [0.29, 0.717) is 17.7 Å². The van der Waals surface area contributed by atoms with Crippen LogP contribution in [0, 0.1) is 5.92 Å². The lowest BCUT2D eigenvalue weighted by atomic mass is 9.98. The van der Waals surface area contributed by atoms with Gasteiger partial charge in [-0.25, -0.2) is 0 Å². The fraction of sp³-hybridized carbons (Fsp3) is 0.440. The summed E-state index contributed by atoms with van der Waals surface area (Å²) in [5.74, 6) is 0.389. The first kappa shape index (κ1) is 21.1. The SMILES string of the molecule is CCCC(CCC)CNc1cccc(CCCN2C(=O)c3ccccc3C2=O)c1. The standard InChI is InChI=1S/C25H32N2O2/c1-3-9-20(10-4-2)18-26-21-13-7-11-19(17-21)12-8-16-27-24(28)22-14-5-6-15-23(22)25(27)29/h5-7,11,13-15,17,20,26H,3-4,8-10,12,16,18H2,1-2H3. The van der Waals surface area contributed by atoms with Gasteiger partial charge in [-0.15, -0.1) is 0 Å². The summed E-state index contributed by atoms with van der Waals surface area (Å²) < 4.78 is 0. The Morgan fingerprint density at radius 1 is 0.897 bits per heavy atom. The van der Waals surface area contributed by atoms with Gasteiger partial charge in [0.25, 0.3) is 11.8 Å². The van der Waals surface area contributed by atoms with Gasteiger partial charge in [-0.2, -0.15) is 0 Å². The lowest BCUT2D eigenvalue weighted by molar-refractivity contribution is 0.0652. The number of benzene rings is 2. The summed E-state index contributed by atoms with van der Waals surface area (Å²) in [6.45, 7) is 5.97. The van der Waals surface area contributed by atoms with Crippen LogP contribution in [0.15, 0.2) is 48.5 Å². The largest absolute Gasteiger partial charge is 0.385 e. The van der Waals surface area contributed by atoms with Crippen molar-refractivity contribution in [3.8, 4) is 0 Å². The second-order valence-corrected chi connectivity index (χ2v) is 7.94. The van der Waals surface area contributed by atoms with Crippen molar-refractivity contribution in [3.63, 3.8) is 0 Å². The van der Waals surface area contributed by atoms with Crippen molar-refractivity contribution in [2.75, 3.05) is 18.4 Å². The van der Waals surface area contributed by atoms with Crippen molar-refractivity contribution in [1.29, 1.82) is 0 Å². The van der Waals surface area contributed by atoms with E-state index in [4.69, 9.17) is 0 Å². The zero-order valence-electron chi connectivity index (χ0n) is 17.6. The van der Waals surface area contributed by atoms with Crippen LogP contribution in [0.3, 0.4) is 0 Å². The third-order valence-electron chi connectivity index (χ3n) is 5.64. The van der Waals surface area contributed by atoms with Crippen molar-refractivity contribution in [2.24, 2.45) is 5.92 Å². The van der Waals surface area contributed by atoms with E-state index >= 15 is 0 Å². The first-order valence-corrected chi connectivity index (χ1v) is 10.9. The van der Waals surface area contributed by atoms with Gasteiger partial charge >= 0.3 is 0 Å². The molecule has 0 saturated carbocycles. The van der Waals surface area contributed by atoms with Crippen molar-refractivity contribution in [1.82, 2.24) is 4.90 Å². The molecule has 0 saturated heterocycles. The minimum Gasteiger partial charge on any atom is -0.385 e. The summed E-state index contributed by atoms with van der Waals surface area (Å²) in [4.78, 5) is 26.3. The van der Waals surface area contributed by atoms with Gasteiger partial charge in [0, 0.05) is 18.8 Å². The fourth-order valence-corrected chi connectivity index (χ4v) is 4.15. The maximum atomic E-state index is 12.5. The number of hydrogen-bond acceptors (Lipinski definition) is 3. The van der Waals surface area contributed by atoms with E-state index in [1.54, 1.807) is 24.3 Å². The van der Waals surface area contributed by atoms with Crippen LogP contribution in [0.1, 0.15) is 72.2 Å². The second-order valence-electron chi connectivity index (χ2n) is 7.94. The molecule has 1 aliphatic rings. The zero-order valence-corrected chi connectivity index (χ0v) is 17.6. The van der Waals surface area contributed by atoms with E-state index in [-0.39, 0.29) is 11.8 Å². The molecule has 29 heavy (non-hydrogen) atoms. The summed E-state index contributed by atoms with van der Waals surface area (Å²) in [7, 11) is 0. The molecule has 2 amide bonds. The molecule has 0 aliphatic carbocycles. The van der Waals surface area contributed by atoms with Gasteiger partial charge in [0.2, 0.25) is 0 Å². The minimum absolute atomic E-state index is 0.168. The molecular formula is C25H32N2O2. The van der Waals surface area contributed by atoms with Crippen molar-refractivity contribution < 1.29 is 9.59 Å².